The van der Waals surface area contributed by atoms with Crippen molar-refractivity contribution in [3.05, 3.63) is 36.2 Å². The third kappa shape index (κ3) is 5.92. The maximum atomic E-state index is 12.5. The van der Waals surface area contributed by atoms with Gasteiger partial charge in [-0.3, -0.25) is 9.48 Å². The zero-order chi connectivity index (χ0) is 18.3. The predicted molar refractivity (Wildman–Crippen MR) is 88.5 cm³/mol. The highest BCUT2D eigenvalue weighted by atomic mass is 19.4. The lowest BCUT2D eigenvalue weighted by Gasteiger charge is -2.11. The first-order chi connectivity index (χ1) is 11.9. The maximum Gasteiger partial charge on any atom is 0.573 e. The molecule has 1 heterocycles. The summed E-state index contributed by atoms with van der Waals surface area (Å²) in [4.78, 5) is 10.9. The van der Waals surface area contributed by atoms with Gasteiger partial charge < -0.3 is 4.74 Å². The van der Waals surface area contributed by atoms with Gasteiger partial charge in [-0.25, -0.2) is 0 Å². The number of ether oxygens (including phenoxy) is 1. The van der Waals surface area contributed by atoms with Crippen molar-refractivity contribution >= 4 is 6.29 Å². The maximum absolute atomic E-state index is 12.5. The number of benzene rings is 1. The summed E-state index contributed by atoms with van der Waals surface area (Å²) in [6.07, 6.45) is 4.60. The van der Waals surface area contributed by atoms with Gasteiger partial charge in [0.2, 0.25) is 0 Å². The predicted octanol–water partition coefficient (Wildman–Crippen LogP) is 5.23. The van der Waals surface area contributed by atoms with Crippen LogP contribution < -0.4 is 4.74 Å². The normalized spacial score (nSPS) is 11.5. The van der Waals surface area contributed by atoms with Crippen LogP contribution in [0.25, 0.3) is 11.1 Å². The van der Waals surface area contributed by atoms with Crippen LogP contribution in [0.4, 0.5) is 13.2 Å². The van der Waals surface area contributed by atoms with E-state index in [1.54, 1.807) is 23.1 Å². The summed E-state index contributed by atoms with van der Waals surface area (Å²) in [6.45, 7) is 2.93. The molecule has 4 nitrogen and oxygen atoms in total. The van der Waals surface area contributed by atoms with E-state index in [1.165, 1.54) is 31.4 Å². The summed E-state index contributed by atoms with van der Waals surface area (Å²) >= 11 is 0. The summed E-state index contributed by atoms with van der Waals surface area (Å²) in [5, 5.41) is 4.24. The molecule has 0 radical (unpaired) electrons. The highest BCUT2D eigenvalue weighted by molar-refractivity contribution is 5.81. The van der Waals surface area contributed by atoms with Gasteiger partial charge in [-0.2, -0.15) is 5.10 Å². The van der Waals surface area contributed by atoms with Gasteiger partial charge >= 0.3 is 6.36 Å². The first kappa shape index (κ1) is 19.0. The van der Waals surface area contributed by atoms with Crippen LogP contribution in [0.1, 0.15) is 49.4 Å². The number of rotatable bonds is 9. The monoisotopic (exact) mass is 354 g/mol. The summed E-state index contributed by atoms with van der Waals surface area (Å²) < 4.78 is 43.1. The first-order valence-corrected chi connectivity index (χ1v) is 8.30. The van der Waals surface area contributed by atoms with E-state index in [0.717, 1.165) is 19.4 Å². The molecule has 0 bridgehead atoms. The molecule has 1 aromatic heterocycles. The molecule has 0 aliphatic rings. The van der Waals surface area contributed by atoms with Gasteiger partial charge in [0.15, 0.2) is 6.29 Å². The Hall–Kier alpha value is -2.31. The minimum Gasteiger partial charge on any atom is -0.405 e. The largest absolute Gasteiger partial charge is 0.573 e. The molecule has 0 unspecified atom stereocenters. The number of carbonyl (C=O) groups excluding carboxylic acids is 1. The Bertz CT molecular complexity index is 696. The Morgan fingerprint density at radius 2 is 1.92 bits per heavy atom. The second-order valence-electron chi connectivity index (χ2n) is 5.82. The minimum atomic E-state index is -4.85. The van der Waals surface area contributed by atoms with Gasteiger partial charge in [0.25, 0.3) is 0 Å². The zero-order valence-corrected chi connectivity index (χ0v) is 14.1. The molecule has 0 fully saturated rings. The molecule has 0 spiro atoms. The van der Waals surface area contributed by atoms with E-state index in [-0.39, 0.29) is 5.56 Å². The van der Waals surface area contributed by atoms with Gasteiger partial charge in [0.1, 0.15) is 5.75 Å². The van der Waals surface area contributed by atoms with Crippen molar-refractivity contribution in [2.75, 3.05) is 0 Å². The highest BCUT2D eigenvalue weighted by Gasteiger charge is 2.32. The fourth-order valence-corrected chi connectivity index (χ4v) is 2.54. The van der Waals surface area contributed by atoms with Gasteiger partial charge in [-0.15, -0.1) is 13.2 Å². The smallest absolute Gasteiger partial charge is 0.405 e. The van der Waals surface area contributed by atoms with Crippen LogP contribution in [-0.2, 0) is 6.54 Å². The topological polar surface area (TPSA) is 44.1 Å². The minimum absolute atomic E-state index is 0.149. The van der Waals surface area contributed by atoms with Crippen molar-refractivity contribution in [2.45, 2.75) is 51.9 Å². The van der Waals surface area contributed by atoms with Crippen LogP contribution in [-0.4, -0.2) is 22.4 Å². The van der Waals surface area contributed by atoms with E-state index in [2.05, 4.69) is 16.8 Å². The van der Waals surface area contributed by atoms with E-state index in [9.17, 15) is 18.0 Å². The molecule has 0 aliphatic carbocycles. The van der Waals surface area contributed by atoms with Gasteiger partial charge in [-0.05, 0) is 24.1 Å². The number of aldehydes is 1. The lowest BCUT2D eigenvalue weighted by Crippen LogP contribution is -2.18. The fourth-order valence-electron chi connectivity index (χ4n) is 2.54. The van der Waals surface area contributed by atoms with Gasteiger partial charge in [0.05, 0.1) is 11.8 Å². The van der Waals surface area contributed by atoms with Crippen molar-refractivity contribution in [1.29, 1.82) is 0 Å². The summed E-state index contributed by atoms with van der Waals surface area (Å²) in [5.41, 5.74) is 1.05. The molecular weight excluding hydrogens is 333 g/mol. The fraction of sp³-hybridized carbons (Fsp3) is 0.444. The number of hydrogen-bond donors (Lipinski definition) is 0. The number of halogens is 3. The second-order valence-corrected chi connectivity index (χ2v) is 5.82. The molecule has 7 heteroatoms. The highest BCUT2D eigenvalue weighted by Crippen LogP contribution is 2.30. The average molecular weight is 354 g/mol. The molecule has 0 N–H and O–H groups in total. The Morgan fingerprint density at radius 3 is 2.60 bits per heavy atom. The number of nitrogens with zero attached hydrogens (tertiary/aromatic N) is 2. The van der Waals surface area contributed by atoms with Crippen LogP contribution in [0.15, 0.2) is 30.6 Å². The van der Waals surface area contributed by atoms with Crippen molar-refractivity contribution in [3.8, 4) is 16.9 Å². The summed E-state index contributed by atoms with van der Waals surface area (Å²) in [7, 11) is 0. The first-order valence-electron chi connectivity index (χ1n) is 8.30. The second kappa shape index (κ2) is 8.69. The average Bonchev–Trinajstić information content (AvgIpc) is 3.02. The van der Waals surface area contributed by atoms with E-state index >= 15 is 0 Å². The van der Waals surface area contributed by atoms with Crippen LogP contribution in [0.2, 0.25) is 0 Å². The molecule has 0 amide bonds. The third-order valence-corrected chi connectivity index (χ3v) is 3.82. The number of unbranched alkanes of at least 4 members (excludes halogenated alkanes) is 4. The quantitative estimate of drug-likeness (QED) is 0.457. The number of carbonyl (C=O) groups is 1. The lowest BCUT2D eigenvalue weighted by molar-refractivity contribution is -0.274. The Labute approximate surface area is 144 Å². The molecule has 2 aromatic rings. The number of aromatic nitrogens is 2. The van der Waals surface area contributed by atoms with E-state index in [1.807, 2.05) is 0 Å². The molecule has 0 aliphatic heterocycles. The number of aryl methyl sites for hydroxylation is 1. The Kier molecular flexibility index (Phi) is 6.61. The third-order valence-electron chi connectivity index (χ3n) is 3.82. The molecule has 0 saturated heterocycles. The molecular formula is C18H21F3N2O2. The lowest BCUT2D eigenvalue weighted by atomic mass is 10.1. The molecule has 1 aromatic carbocycles. The molecule has 2 rings (SSSR count). The number of hydrogen-bond acceptors (Lipinski definition) is 3. The van der Waals surface area contributed by atoms with Crippen molar-refractivity contribution in [3.63, 3.8) is 0 Å². The summed E-state index contributed by atoms with van der Waals surface area (Å²) in [5.74, 6) is -0.507. The zero-order valence-electron chi connectivity index (χ0n) is 14.1. The number of alkyl halides is 3. The molecule has 0 saturated carbocycles. The standard InChI is InChI=1S/C18H21F3N2O2/c1-2-3-4-5-6-9-23-12-16(11-22-23)14-7-8-15(13-24)17(10-14)25-18(19,20)21/h7-8,10-13H,2-6,9H2,1H3. The van der Waals surface area contributed by atoms with Crippen LogP contribution in [0.3, 0.4) is 0 Å². The molecule has 136 valence electrons. The molecule has 0 atom stereocenters. The van der Waals surface area contributed by atoms with Gasteiger partial charge in [0, 0.05) is 18.3 Å². The van der Waals surface area contributed by atoms with Crippen molar-refractivity contribution in [2.24, 2.45) is 0 Å². The van der Waals surface area contributed by atoms with Gasteiger partial charge in [-0.1, -0.05) is 38.7 Å². The van der Waals surface area contributed by atoms with Crippen molar-refractivity contribution in [1.82, 2.24) is 9.78 Å². The Morgan fingerprint density at radius 1 is 1.16 bits per heavy atom. The SMILES string of the molecule is CCCCCCCn1cc(-c2ccc(C=O)c(OC(F)(F)F)c2)cn1. The van der Waals surface area contributed by atoms with Crippen LogP contribution in [0.5, 0.6) is 5.75 Å². The van der Waals surface area contributed by atoms with Crippen LogP contribution in [0, 0.1) is 0 Å². The van der Waals surface area contributed by atoms with E-state index in [0.29, 0.717) is 17.4 Å². The summed E-state index contributed by atoms with van der Waals surface area (Å²) in [6, 6.07) is 4.10. The Balaban J connectivity index is 2.08. The van der Waals surface area contributed by atoms with Crippen molar-refractivity contribution < 1.29 is 22.7 Å². The van der Waals surface area contributed by atoms with E-state index in [4.69, 9.17) is 0 Å². The van der Waals surface area contributed by atoms with Crippen LogP contribution >= 0.6 is 0 Å². The molecule has 25 heavy (non-hydrogen) atoms. The van der Waals surface area contributed by atoms with E-state index < -0.39 is 12.1 Å².